The zero-order valence-electron chi connectivity index (χ0n) is 10.3. The van der Waals surface area contributed by atoms with Crippen LogP contribution in [0.25, 0.3) is 11.4 Å². The molecule has 1 aliphatic carbocycles. The summed E-state index contributed by atoms with van der Waals surface area (Å²) in [4.78, 5) is 18.0. The molecule has 0 radical (unpaired) electrons. The summed E-state index contributed by atoms with van der Waals surface area (Å²) in [6, 6.07) is 6.38. The number of hydrogen-bond donors (Lipinski definition) is 1. The van der Waals surface area contributed by atoms with Gasteiger partial charge < -0.3 is 4.98 Å². The molecule has 1 aromatic heterocycles. The predicted molar refractivity (Wildman–Crippen MR) is 81.2 cm³/mol. The lowest BCUT2D eigenvalue weighted by atomic mass is 10.2. The third-order valence-electron chi connectivity index (χ3n) is 3.21. The summed E-state index contributed by atoms with van der Waals surface area (Å²) in [6.07, 6.45) is 2.25. The van der Waals surface area contributed by atoms with E-state index in [-0.39, 0.29) is 5.69 Å². The van der Waals surface area contributed by atoms with Crippen molar-refractivity contribution in [2.24, 2.45) is 0 Å². The van der Waals surface area contributed by atoms with Crippen LogP contribution in [-0.4, -0.2) is 14.9 Å². The number of nitro groups is 1. The summed E-state index contributed by atoms with van der Waals surface area (Å²) < 4.78 is 1.30. The maximum Gasteiger partial charge on any atom is 0.270 e. The van der Waals surface area contributed by atoms with Crippen molar-refractivity contribution in [3.05, 3.63) is 49.2 Å². The van der Waals surface area contributed by atoms with Crippen LogP contribution < -0.4 is 0 Å². The Bertz CT molecular complexity index is 756. The van der Waals surface area contributed by atoms with Gasteiger partial charge in [-0.1, -0.05) is 24.4 Å². The Kier molecular flexibility index (Phi) is 3.39. The van der Waals surface area contributed by atoms with Gasteiger partial charge in [-0.25, -0.2) is 4.98 Å². The van der Waals surface area contributed by atoms with Crippen LogP contribution in [0.4, 0.5) is 5.69 Å². The highest BCUT2D eigenvalue weighted by Crippen LogP contribution is 2.42. The van der Waals surface area contributed by atoms with Crippen molar-refractivity contribution in [1.82, 2.24) is 9.97 Å². The number of rotatable bonds is 3. The molecule has 1 saturated carbocycles. The molecule has 0 saturated heterocycles. The molecular formula is C13H10BrN3O2S. The maximum absolute atomic E-state index is 10.8. The minimum absolute atomic E-state index is 0.0412. The standard InChI is InChI=1S/C13H10BrN3O2S/c14-10-11(7-4-5-7)15-12(16-13(10)20)8-2-1-3-9(6-8)17(18)19/h1-3,6-7H,4-5H2,(H,15,16,20). The summed E-state index contributed by atoms with van der Waals surface area (Å²) >= 11 is 8.71. The van der Waals surface area contributed by atoms with E-state index < -0.39 is 4.92 Å². The highest BCUT2D eigenvalue weighted by atomic mass is 79.9. The van der Waals surface area contributed by atoms with Gasteiger partial charge in [-0.05, 0) is 28.8 Å². The van der Waals surface area contributed by atoms with Crippen LogP contribution in [0.15, 0.2) is 28.7 Å². The average molecular weight is 352 g/mol. The Morgan fingerprint density at radius 2 is 2.20 bits per heavy atom. The first kappa shape index (κ1) is 13.4. The first-order valence-electron chi connectivity index (χ1n) is 6.11. The smallest absolute Gasteiger partial charge is 0.270 e. The summed E-state index contributed by atoms with van der Waals surface area (Å²) in [6.45, 7) is 0. The number of aromatic nitrogens is 2. The molecule has 0 aliphatic heterocycles. The number of nitro benzene ring substituents is 1. The largest absolute Gasteiger partial charge is 0.342 e. The minimum Gasteiger partial charge on any atom is -0.342 e. The summed E-state index contributed by atoms with van der Waals surface area (Å²) in [5, 5.41) is 10.8. The number of benzene rings is 1. The Morgan fingerprint density at radius 3 is 2.85 bits per heavy atom. The van der Waals surface area contributed by atoms with Gasteiger partial charge in [0, 0.05) is 29.3 Å². The zero-order chi connectivity index (χ0) is 14.3. The minimum atomic E-state index is -0.418. The first-order chi connectivity index (χ1) is 9.56. The second-order valence-corrected chi connectivity index (χ2v) is 5.88. The Balaban J connectivity index is 2.12. The van der Waals surface area contributed by atoms with Crippen LogP contribution in [0.5, 0.6) is 0 Å². The van der Waals surface area contributed by atoms with E-state index in [1.165, 1.54) is 12.1 Å². The van der Waals surface area contributed by atoms with Gasteiger partial charge in [0.2, 0.25) is 0 Å². The normalized spacial score (nSPS) is 14.2. The predicted octanol–water partition coefficient (Wildman–Crippen LogP) is 4.35. The second kappa shape index (κ2) is 5.06. The Morgan fingerprint density at radius 1 is 1.45 bits per heavy atom. The van der Waals surface area contributed by atoms with Crippen LogP contribution in [-0.2, 0) is 0 Å². The zero-order valence-corrected chi connectivity index (χ0v) is 12.7. The molecule has 0 bridgehead atoms. The molecule has 7 heteroatoms. The Labute approximate surface area is 128 Å². The molecule has 1 N–H and O–H groups in total. The highest BCUT2D eigenvalue weighted by Gasteiger charge is 2.27. The lowest BCUT2D eigenvalue weighted by molar-refractivity contribution is -0.384. The van der Waals surface area contributed by atoms with Gasteiger partial charge in [0.05, 0.1) is 9.40 Å². The van der Waals surface area contributed by atoms with E-state index in [9.17, 15) is 10.1 Å². The molecule has 102 valence electrons. The van der Waals surface area contributed by atoms with Crippen LogP contribution >= 0.6 is 28.1 Å². The monoisotopic (exact) mass is 351 g/mol. The molecule has 0 unspecified atom stereocenters. The van der Waals surface area contributed by atoms with Crippen LogP contribution in [0.3, 0.4) is 0 Å². The van der Waals surface area contributed by atoms with Crippen molar-refractivity contribution < 1.29 is 4.92 Å². The molecule has 3 rings (SSSR count). The van der Waals surface area contributed by atoms with Crippen LogP contribution in [0, 0.1) is 14.8 Å². The number of non-ortho nitro benzene ring substituents is 1. The first-order valence-corrected chi connectivity index (χ1v) is 7.31. The fraction of sp³-hybridized carbons (Fsp3) is 0.231. The fourth-order valence-electron chi connectivity index (χ4n) is 2.03. The van der Waals surface area contributed by atoms with E-state index in [1.54, 1.807) is 12.1 Å². The lowest BCUT2D eigenvalue weighted by Crippen LogP contribution is -1.98. The Hall–Kier alpha value is -1.60. The third-order valence-corrected chi connectivity index (χ3v) is 4.57. The maximum atomic E-state index is 10.8. The van der Waals surface area contributed by atoms with E-state index in [4.69, 9.17) is 12.2 Å². The molecule has 1 fully saturated rings. The highest BCUT2D eigenvalue weighted by molar-refractivity contribution is 9.10. The average Bonchev–Trinajstić information content (AvgIpc) is 3.26. The van der Waals surface area contributed by atoms with Crippen LogP contribution in [0.2, 0.25) is 0 Å². The number of nitrogens with one attached hydrogen (secondary N) is 1. The van der Waals surface area contributed by atoms with E-state index in [2.05, 4.69) is 25.9 Å². The van der Waals surface area contributed by atoms with E-state index in [1.807, 2.05) is 0 Å². The number of aromatic amines is 1. The lowest BCUT2D eigenvalue weighted by Gasteiger charge is -2.07. The topological polar surface area (TPSA) is 71.8 Å². The van der Waals surface area contributed by atoms with Crippen molar-refractivity contribution in [3.8, 4) is 11.4 Å². The summed E-state index contributed by atoms with van der Waals surface area (Å²) in [5.74, 6) is 1.05. The molecule has 5 nitrogen and oxygen atoms in total. The molecule has 0 amide bonds. The molecule has 2 aromatic rings. The number of nitrogens with zero attached hydrogens (tertiary/aromatic N) is 2. The summed E-state index contributed by atoms with van der Waals surface area (Å²) in [7, 11) is 0. The quantitative estimate of drug-likeness (QED) is 0.506. The van der Waals surface area contributed by atoms with Gasteiger partial charge in [0.25, 0.3) is 5.69 Å². The number of halogens is 1. The van der Waals surface area contributed by atoms with Gasteiger partial charge in [0.1, 0.15) is 10.5 Å². The van der Waals surface area contributed by atoms with Crippen LogP contribution in [0.1, 0.15) is 24.5 Å². The van der Waals surface area contributed by atoms with Gasteiger partial charge in [-0.2, -0.15) is 0 Å². The van der Waals surface area contributed by atoms with Crippen molar-refractivity contribution in [3.63, 3.8) is 0 Å². The van der Waals surface area contributed by atoms with Gasteiger partial charge in [0.15, 0.2) is 0 Å². The van der Waals surface area contributed by atoms with Gasteiger partial charge in [-0.15, -0.1) is 0 Å². The molecular weight excluding hydrogens is 342 g/mol. The number of H-pyrrole nitrogens is 1. The van der Waals surface area contributed by atoms with E-state index >= 15 is 0 Å². The molecule has 1 aromatic carbocycles. The van der Waals surface area contributed by atoms with E-state index in [0.717, 1.165) is 23.0 Å². The van der Waals surface area contributed by atoms with Crippen molar-refractivity contribution >= 4 is 33.8 Å². The summed E-state index contributed by atoms with van der Waals surface area (Å²) in [5.41, 5.74) is 1.74. The molecule has 1 heterocycles. The molecule has 0 spiro atoms. The van der Waals surface area contributed by atoms with Gasteiger partial charge >= 0.3 is 0 Å². The molecule has 0 atom stereocenters. The van der Waals surface area contributed by atoms with Crippen molar-refractivity contribution in [2.45, 2.75) is 18.8 Å². The second-order valence-electron chi connectivity index (χ2n) is 4.70. The van der Waals surface area contributed by atoms with Crippen molar-refractivity contribution in [2.75, 3.05) is 0 Å². The van der Waals surface area contributed by atoms with Crippen molar-refractivity contribution in [1.29, 1.82) is 0 Å². The van der Waals surface area contributed by atoms with Gasteiger partial charge in [-0.3, -0.25) is 10.1 Å². The fourth-order valence-corrected chi connectivity index (χ4v) is 2.75. The molecule has 20 heavy (non-hydrogen) atoms. The number of hydrogen-bond acceptors (Lipinski definition) is 4. The SMILES string of the molecule is O=[N+]([O-])c1cccc(-c2nc(=S)c(Br)c(C3CC3)[nH]2)c1. The third kappa shape index (κ3) is 2.51. The molecule has 1 aliphatic rings. The van der Waals surface area contributed by atoms with E-state index in [0.29, 0.717) is 21.9 Å².